The Hall–Kier alpha value is -3.92. The summed E-state index contributed by atoms with van der Waals surface area (Å²) in [5.74, 6) is 1.13. The maximum Gasteiger partial charge on any atom is 0.282 e. The van der Waals surface area contributed by atoms with Crippen LogP contribution in [0.3, 0.4) is 0 Å². The molecule has 35 heavy (non-hydrogen) atoms. The summed E-state index contributed by atoms with van der Waals surface area (Å²) < 4.78 is 12.2. The van der Waals surface area contributed by atoms with Crippen LogP contribution in [-0.2, 0) is 17.8 Å². The highest BCUT2D eigenvalue weighted by Gasteiger charge is 2.15. The standard InChI is InChI=1S/C25H25N5O4S/c1-16-4-7-18(8-5-16)28-21(31)15-35-25-29-23-22(26-11-12-27-23)24(32)30(25)13-10-17-6-9-19(33-2)20(14-17)34-3/h4-9,11-12,14H,10,13,15H2,1-3H3,(H,28,31). The smallest absolute Gasteiger partial charge is 0.282 e. The molecule has 180 valence electrons. The predicted molar refractivity (Wildman–Crippen MR) is 135 cm³/mol. The van der Waals surface area contributed by atoms with Gasteiger partial charge in [-0.2, -0.15) is 0 Å². The summed E-state index contributed by atoms with van der Waals surface area (Å²) in [5, 5.41) is 3.27. The second kappa shape index (κ2) is 11.0. The monoisotopic (exact) mass is 491 g/mol. The number of fused-ring (bicyclic) bond motifs is 1. The fourth-order valence-corrected chi connectivity index (χ4v) is 4.29. The first kappa shape index (κ1) is 24.2. The van der Waals surface area contributed by atoms with Gasteiger partial charge in [0.25, 0.3) is 5.56 Å². The van der Waals surface area contributed by atoms with Gasteiger partial charge in [-0.25, -0.2) is 15.0 Å². The molecule has 0 saturated carbocycles. The summed E-state index contributed by atoms with van der Waals surface area (Å²) in [6, 6.07) is 13.2. The molecule has 4 aromatic rings. The lowest BCUT2D eigenvalue weighted by molar-refractivity contribution is -0.113. The summed E-state index contributed by atoms with van der Waals surface area (Å²) in [6.45, 7) is 2.33. The molecule has 2 heterocycles. The van der Waals surface area contributed by atoms with Crippen LogP contribution in [0.4, 0.5) is 5.69 Å². The Labute approximate surface area is 206 Å². The zero-order valence-corrected chi connectivity index (χ0v) is 20.5. The Bertz CT molecular complexity index is 1410. The maximum atomic E-state index is 13.2. The molecule has 0 aliphatic rings. The van der Waals surface area contributed by atoms with Crippen LogP contribution in [0.1, 0.15) is 11.1 Å². The van der Waals surface area contributed by atoms with E-state index in [1.165, 1.54) is 28.7 Å². The quantitative estimate of drug-likeness (QED) is 0.280. The van der Waals surface area contributed by atoms with Gasteiger partial charge in [0, 0.05) is 24.6 Å². The molecule has 0 aliphatic heterocycles. The van der Waals surface area contributed by atoms with Gasteiger partial charge in [-0.05, 0) is 43.2 Å². The SMILES string of the molecule is COc1ccc(CCn2c(SCC(=O)Nc3ccc(C)cc3)nc3nccnc3c2=O)cc1OC. The van der Waals surface area contributed by atoms with Gasteiger partial charge in [0.1, 0.15) is 0 Å². The van der Waals surface area contributed by atoms with Gasteiger partial charge in [0.05, 0.1) is 20.0 Å². The third-order valence-electron chi connectivity index (χ3n) is 5.30. The number of aryl methyl sites for hydroxylation is 2. The number of carbonyl (C=O) groups is 1. The molecule has 0 spiro atoms. The van der Waals surface area contributed by atoms with E-state index >= 15 is 0 Å². The van der Waals surface area contributed by atoms with Crippen molar-refractivity contribution in [1.82, 2.24) is 19.5 Å². The lowest BCUT2D eigenvalue weighted by Gasteiger charge is -2.13. The number of aromatic nitrogens is 4. The number of hydrogen-bond acceptors (Lipinski definition) is 8. The minimum absolute atomic E-state index is 0.0858. The van der Waals surface area contributed by atoms with Crippen molar-refractivity contribution in [3.05, 3.63) is 76.3 Å². The van der Waals surface area contributed by atoms with Crippen molar-refractivity contribution in [1.29, 1.82) is 0 Å². The summed E-state index contributed by atoms with van der Waals surface area (Å²) in [5.41, 5.74) is 2.92. The third-order valence-corrected chi connectivity index (χ3v) is 6.28. The molecule has 0 unspecified atom stereocenters. The van der Waals surface area contributed by atoms with Gasteiger partial charge in [0.15, 0.2) is 27.8 Å². The second-order valence-electron chi connectivity index (χ2n) is 7.72. The normalized spacial score (nSPS) is 10.8. The van der Waals surface area contributed by atoms with Crippen LogP contribution >= 0.6 is 11.8 Å². The third kappa shape index (κ3) is 5.78. The molecule has 0 radical (unpaired) electrons. The van der Waals surface area contributed by atoms with Crippen LogP contribution in [0.2, 0.25) is 0 Å². The summed E-state index contributed by atoms with van der Waals surface area (Å²) in [4.78, 5) is 38.6. The highest BCUT2D eigenvalue weighted by molar-refractivity contribution is 7.99. The zero-order chi connectivity index (χ0) is 24.8. The molecule has 0 saturated heterocycles. The van der Waals surface area contributed by atoms with Crippen LogP contribution in [0.5, 0.6) is 11.5 Å². The van der Waals surface area contributed by atoms with E-state index < -0.39 is 0 Å². The van der Waals surface area contributed by atoms with E-state index in [1.807, 2.05) is 49.4 Å². The van der Waals surface area contributed by atoms with Crippen LogP contribution in [0.25, 0.3) is 11.2 Å². The molecule has 1 N–H and O–H groups in total. The average Bonchev–Trinajstić information content (AvgIpc) is 2.88. The fourth-order valence-electron chi connectivity index (χ4n) is 3.48. The molecule has 0 atom stereocenters. The van der Waals surface area contributed by atoms with Gasteiger partial charge in [0.2, 0.25) is 5.91 Å². The van der Waals surface area contributed by atoms with Crippen molar-refractivity contribution in [2.45, 2.75) is 25.0 Å². The lowest BCUT2D eigenvalue weighted by Crippen LogP contribution is -2.26. The number of rotatable bonds is 9. The van der Waals surface area contributed by atoms with E-state index in [0.717, 1.165) is 11.1 Å². The van der Waals surface area contributed by atoms with E-state index in [2.05, 4.69) is 20.3 Å². The van der Waals surface area contributed by atoms with E-state index in [0.29, 0.717) is 35.3 Å². The Balaban J connectivity index is 1.56. The van der Waals surface area contributed by atoms with Crippen molar-refractivity contribution >= 4 is 34.5 Å². The molecule has 0 aliphatic carbocycles. The number of methoxy groups -OCH3 is 2. The number of thioether (sulfide) groups is 1. The lowest BCUT2D eigenvalue weighted by atomic mass is 10.1. The first-order valence-corrected chi connectivity index (χ1v) is 11.9. The van der Waals surface area contributed by atoms with E-state index in [9.17, 15) is 9.59 Å². The Kier molecular flexibility index (Phi) is 7.61. The van der Waals surface area contributed by atoms with Gasteiger partial charge in [-0.1, -0.05) is 35.5 Å². The zero-order valence-electron chi connectivity index (χ0n) is 19.6. The summed E-state index contributed by atoms with van der Waals surface area (Å²) in [7, 11) is 3.16. The summed E-state index contributed by atoms with van der Waals surface area (Å²) >= 11 is 1.18. The van der Waals surface area contributed by atoms with Gasteiger partial charge in [-0.3, -0.25) is 14.2 Å². The fraction of sp³-hybridized carbons (Fsp3) is 0.240. The van der Waals surface area contributed by atoms with Crippen LogP contribution in [0.15, 0.2) is 64.8 Å². The van der Waals surface area contributed by atoms with Gasteiger partial charge < -0.3 is 14.8 Å². The Morgan fingerprint density at radius 1 is 1.03 bits per heavy atom. The topological polar surface area (TPSA) is 108 Å². The number of benzene rings is 2. The molecule has 1 amide bonds. The first-order valence-electron chi connectivity index (χ1n) is 10.9. The van der Waals surface area contributed by atoms with Crippen LogP contribution in [-0.4, -0.2) is 45.4 Å². The van der Waals surface area contributed by atoms with Crippen molar-refractivity contribution in [2.75, 3.05) is 25.3 Å². The molecule has 2 aromatic heterocycles. The highest BCUT2D eigenvalue weighted by Crippen LogP contribution is 2.28. The predicted octanol–water partition coefficient (Wildman–Crippen LogP) is 3.49. The maximum absolute atomic E-state index is 13.2. The molecule has 0 fully saturated rings. The van der Waals surface area contributed by atoms with Gasteiger partial charge in [-0.15, -0.1) is 0 Å². The van der Waals surface area contributed by atoms with Crippen molar-refractivity contribution in [3.63, 3.8) is 0 Å². The number of anilines is 1. The summed E-state index contributed by atoms with van der Waals surface area (Å²) in [6.07, 6.45) is 3.49. The second-order valence-corrected chi connectivity index (χ2v) is 8.66. The van der Waals surface area contributed by atoms with E-state index in [4.69, 9.17) is 9.47 Å². The molecule has 4 rings (SSSR count). The van der Waals surface area contributed by atoms with Gasteiger partial charge >= 0.3 is 0 Å². The Morgan fingerprint density at radius 2 is 1.77 bits per heavy atom. The molecule has 2 aromatic carbocycles. The number of hydrogen-bond donors (Lipinski definition) is 1. The largest absolute Gasteiger partial charge is 0.493 e. The van der Waals surface area contributed by atoms with Crippen molar-refractivity contribution in [3.8, 4) is 11.5 Å². The average molecular weight is 492 g/mol. The Morgan fingerprint density at radius 3 is 2.51 bits per heavy atom. The molecular weight excluding hydrogens is 466 g/mol. The number of carbonyl (C=O) groups excluding carboxylic acids is 1. The first-order chi connectivity index (χ1) is 17.0. The number of nitrogens with zero attached hydrogens (tertiary/aromatic N) is 4. The minimum atomic E-state index is -0.301. The number of amides is 1. The molecule has 9 nitrogen and oxygen atoms in total. The highest BCUT2D eigenvalue weighted by atomic mass is 32.2. The number of ether oxygens (including phenoxy) is 2. The molecule has 0 bridgehead atoms. The van der Waals surface area contributed by atoms with Crippen LogP contribution in [0, 0.1) is 6.92 Å². The van der Waals surface area contributed by atoms with Crippen LogP contribution < -0.4 is 20.3 Å². The van der Waals surface area contributed by atoms with E-state index in [-0.39, 0.29) is 28.4 Å². The van der Waals surface area contributed by atoms with E-state index in [1.54, 1.807) is 14.2 Å². The van der Waals surface area contributed by atoms with Crippen molar-refractivity contribution < 1.29 is 14.3 Å². The molecule has 10 heteroatoms. The molecular formula is C25H25N5O4S. The minimum Gasteiger partial charge on any atom is -0.493 e. The number of nitrogens with one attached hydrogen (secondary N) is 1. The van der Waals surface area contributed by atoms with Crippen molar-refractivity contribution in [2.24, 2.45) is 0 Å².